The van der Waals surface area contributed by atoms with Gasteiger partial charge in [0.05, 0.1) is 25.4 Å². The lowest BCUT2D eigenvalue weighted by Crippen LogP contribution is -2.40. The summed E-state index contributed by atoms with van der Waals surface area (Å²) in [4.78, 5) is 4.67. The van der Waals surface area contributed by atoms with Crippen LogP contribution in [0, 0.1) is 5.41 Å². The molecular weight excluding hydrogens is 549 g/mol. The van der Waals surface area contributed by atoms with Crippen LogP contribution in [0.4, 0.5) is 13.2 Å². The minimum Gasteiger partial charge on any atom is -0.494 e. The summed E-state index contributed by atoms with van der Waals surface area (Å²) >= 11 is 6.45. The SMILES string of the molecule is C[C@H](CN(CCCOc1cccc(CCN2CCOCC2)c1)CC1(C)CC=CC(C(F)(F)F)=C1Cl)c1ccccc1. The Hall–Kier alpha value is -2.32. The third-order valence-electron chi connectivity index (χ3n) is 8.00. The first-order valence-electron chi connectivity index (χ1n) is 14.6. The minimum atomic E-state index is -4.47. The lowest BCUT2D eigenvalue weighted by molar-refractivity contribution is -0.0899. The predicted molar refractivity (Wildman–Crippen MR) is 160 cm³/mol. The van der Waals surface area contributed by atoms with Crippen LogP contribution in [0.2, 0.25) is 0 Å². The van der Waals surface area contributed by atoms with Crippen molar-refractivity contribution in [2.75, 3.05) is 59.1 Å². The summed E-state index contributed by atoms with van der Waals surface area (Å²) in [6.07, 6.45) is 0.423. The van der Waals surface area contributed by atoms with Crippen LogP contribution in [0.25, 0.3) is 0 Å². The molecule has 0 N–H and O–H groups in total. The van der Waals surface area contributed by atoms with Crippen molar-refractivity contribution in [2.24, 2.45) is 5.41 Å². The molecule has 0 bridgehead atoms. The molecule has 8 heteroatoms. The quantitative estimate of drug-likeness (QED) is 0.226. The third kappa shape index (κ3) is 9.34. The largest absolute Gasteiger partial charge is 0.494 e. The summed E-state index contributed by atoms with van der Waals surface area (Å²) in [7, 11) is 0. The smallest absolute Gasteiger partial charge is 0.417 e. The Morgan fingerprint density at radius 2 is 1.85 bits per heavy atom. The number of hydrogen-bond acceptors (Lipinski definition) is 4. The highest BCUT2D eigenvalue weighted by Gasteiger charge is 2.42. The molecule has 41 heavy (non-hydrogen) atoms. The summed E-state index contributed by atoms with van der Waals surface area (Å²) in [5.41, 5.74) is 0.898. The number of morpholine rings is 1. The number of halogens is 4. The van der Waals surface area contributed by atoms with E-state index in [1.807, 2.05) is 37.3 Å². The Morgan fingerprint density at radius 3 is 2.59 bits per heavy atom. The van der Waals surface area contributed by atoms with Crippen LogP contribution in [-0.2, 0) is 11.2 Å². The summed E-state index contributed by atoms with van der Waals surface area (Å²) < 4.78 is 52.5. The van der Waals surface area contributed by atoms with Crippen molar-refractivity contribution in [1.29, 1.82) is 0 Å². The predicted octanol–water partition coefficient (Wildman–Crippen LogP) is 7.46. The molecule has 2 atom stereocenters. The fourth-order valence-corrected chi connectivity index (χ4v) is 5.97. The second-order valence-electron chi connectivity index (χ2n) is 11.5. The fourth-order valence-electron chi connectivity index (χ4n) is 5.66. The molecule has 4 nitrogen and oxygen atoms in total. The molecule has 2 aromatic rings. The van der Waals surface area contributed by atoms with E-state index in [0.717, 1.165) is 57.5 Å². The molecule has 0 saturated carbocycles. The van der Waals surface area contributed by atoms with Gasteiger partial charge in [-0.15, -0.1) is 0 Å². The van der Waals surface area contributed by atoms with E-state index in [4.69, 9.17) is 21.1 Å². The van der Waals surface area contributed by atoms with Gasteiger partial charge in [-0.25, -0.2) is 0 Å². The molecule has 1 unspecified atom stereocenters. The lowest BCUT2D eigenvalue weighted by Gasteiger charge is -2.38. The normalized spacial score (nSPS) is 21.0. The lowest BCUT2D eigenvalue weighted by atomic mass is 9.80. The zero-order chi connectivity index (χ0) is 29.3. The van der Waals surface area contributed by atoms with E-state index in [0.29, 0.717) is 32.7 Å². The van der Waals surface area contributed by atoms with Crippen LogP contribution in [-0.4, -0.2) is 75.1 Å². The van der Waals surface area contributed by atoms with E-state index in [2.05, 4.69) is 41.0 Å². The molecular formula is C33H42ClF3N2O2. The first kappa shape index (κ1) is 31.6. The number of ether oxygens (including phenoxy) is 2. The maximum absolute atomic E-state index is 13.7. The standard InChI is InChI=1S/C33H42ClF3N2O2/c1-26(28-10-4-3-5-11-28)24-39(25-32(2)15-7-13-30(31(32)34)33(35,36)37)16-8-20-41-29-12-6-9-27(23-29)14-17-38-18-21-40-22-19-38/h3-7,9-13,23,26H,8,14-22,24-25H2,1-2H3/t26-,32?/m1/s1. The number of hydrogen-bond donors (Lipinski definition) is 0. The van der Waals surface area contributed by atoms with Crippen molar-refractivity contribution in [3.63, 3.8) is 0 Å². The third-order valence-corrected chi connectivity index (χ3v) is 8.66. The van der Waals surface area contributed by atoms with Gasteiger partial charge >= 0.3 is 6.18 Å². The van der Waals surface area contributed by atoms with Gasteiger partial charge < -0.3 is 14.4 Å². The number of benzene rings is 2. The summed E-state index contributed by atoms with van der Waals surface area (Å²) in [5, 5.41) is -0.102. The Morgan fingerprint density at radius 1 is 1.10 bits per heavy atom. The van der Waals surface area contributed by atoms with E-state index >= 15 is 0 Å². The summed E-state index contributed by atoms with van der Waals surface area (Å²) in [5.74, 6) is 1.06. The van der Waals surface area contributed by atoms with Gasteiger partial charge in [-0.05, 0) is 48.4 Å². The highest BCUT2D eigenvalue weighted by Crippen LogP contribution is 2.45. The van der Waals surface area contributed by atoms with Crippen LogP contribution in [0.5, 0.6) is 5.75 Å². The van der Waals surface area contributed by atoms with E-state index in [1.54, 1.807) is 6.08 Å². The fraction of sp³-hybridized carbons (Fsp3) is 0.515. The van der Waals surface area contributed by atoms with Crippen LogP contribution >= 0.6 is 11.6 Å². The van der Waals surface area contributed by atoms with Gasteiger partial charge in [0.15, 0.2) is 0 Å². The van der Waals surface area contributed by atoms with Gasteiger partial charge in [-0.3, -0.25) is 4.90 Å². The molecule has 2 aromatic carbocycles. The Bertz CT molecular complexity index is 1160. The van der Waals surface area contributed by atoms with Crippen molar-refractivity contribution in [1.82, 2.24) is 9.80 Å². The van der Waals surface area contributed by atoms with Gasteiger partial charge in [0.25, 0.3) is 0 Å². The monoisotopic (exact) mass is 590 g/mol. The molecule has 0 aromatic heterocycles. The van der Waals surface area contributed by atoms with Crippen molar-refractivity contribution in [3.05, 3.63) is 88.5 Å². The van der Waals surface area contributed by atoms with Crippen molar-refractivity contribution < 1.29 is 22.6 Å². The second kappa shape index (κ2) is 14.7. The molecule has 4 rings (SSSR count). The van der Waals surface area contributed by atoms with E-state index in [9.17, 15) is 13.2 Å². The Kier molecular flexibility index (Phi) is 11.4. The highest BCUT2D eigenvalue weighted by atomic mass is 35.5. The second-order valence-corrected chi connectivity index (χ2v) is 11.9. The first-order valence-corrected chi connectivity index (χ1v) is 14.9. The van der Waals surface area contributed by atoms with Crippen LogP contribution in [0.3, 0.4) is 0 Å². The molecule has 1 heterocycles. The average molecular weight is 591 g/mol. The van der Waals surface area contributed by atoms with E-state index < -0.39 is 17.2 Å². The van der Waals surface area contributed by atoms with Gasteiger partial charge in [0, 0.05) is 49.7 Å². The minimum absolute atomic E-state index is 0.102. The molecule has 1 aliphatic heterocycles. The molecule has 1 saturated heterocycles. The number of alkyl halides is 3. The maximum atomic E-state index is 13.7. The molecule has 2 aliphatic rings. The van der Waals surface area contributed by atoms with Gasteiger partial charge in [-0.2, -0.15) is 13.2 Å². The number of rotatable bonds is 13. The van der Waals surface area contributed by atoms with Crippen molar-refractivity contribution >= 4 is 11.6 Å². The Balaban J connectivity index is 1.36. The number of allylic oxidation sites excluding steroid dienone is 3. The molecule has 0 spiro atoms. The summed E-state index contributed by atoms with van der Waals surface area (Å²) in [6.45, 7) is 10.9. The van der Waals surface area contributed by atoms with Gasteiger partial charge in [0.1, 0.15) is 5.75 Å². The van der Waals surface area contributed by atoms with Crippen LogP contribution < -0.4 is 4.74 Å². The zero-order valence-corrected chi connectivity index (χ0v) is 24.9. The van der Waals surface area contributed by atoms with Crippen LogP contribution in [0.15, 0.2) is 77.4 Å². The average Bonchev–Trinajstić information content (AvgIpc) is 2.96. The molecule has 1 fully saturated rings. The first-order chi connectivity index (χ1) is 19.6. The van der Waals surface area contributed by atoms with Crippen molar-refractivity contribution in [3.8, 4) is 5.75 Å². The van der Waals surface area contributed by atoms with Gasteiger partial charge in [0.2, 0.25) is 0 Å². The van der Waals surface area contributed by atoms with Crippen molar-refractivity contribution in [2.45, 2.75) is 45.2 Å². The summed E-state index contributed by atoms with van der Waals surface area (Å²) in [6, 6.07) is 18.5. The van der Waals surface area contributed by atoms with E-state index in [-0.39, 0.29) is 11.0 Å². The van der Waals surface area contributed by atoms with E-state index in [1.165, 1.54) is 11.1 Å². The number of nitrogens with zero attached hydrogens (tertiary/aromatic N) is 2. The maximum Gasteiger partial charge on any atom is 0.417 e. The van der Waals surface area contributed by atoms with Crippen LogP contribution in [0.1, 0.15) is 43.7 Å². The molecule has 0 radical (unpaired) electrons. The Labute approximate surface area is 247 Å². The molecule has 224 valence electrons. The molecule has 0 amide bonds. The zero-order valence-electron chi connectivity index (χ0n) is 24.1. The highest BCUT2D eigenvalue weighted by molar-refractivity contribution is 6.31. The molecule has 1 aliphatic carbocycles. The topological polar surface area (TPSA) is 24.9 Å². The van der Waals surface area contributed by atoms with Gasteiger partial charge in [-0.1, -0.05) is 80.1 Å².